The van der Waals surface area contributed by atoms with E-state index in [1.54, 1.807) is 4.90 Å². The normalized spacial score (nSPS) is 28.2. The summed E-state index contributed by atoms with van der Waals surface area (Å²) in [6.07, 6.45) is 4.36. The summed E-state index contributed by atoms with van der Waals surface area (Å²) in [6, 6.07) is 0.508. The van der Waals surface area contributed by atoms with Crippen LogP contribution in [0.15, 0.2) is 0 Å². The third kappa shape index (κ3) is 2.83. The number of carbonyl (C=O) groups is 2. The number of nitrogens with zero attached hydrogens (tertiary/aromatic N) is 1. The predicted molar refractivity (Wildman–Crippen MR) is 67.2 cm³/mol. The summed E-state index contributed by atoms with van der Waals surface area (Å²) in [5.41, 5.74) is -0.729. The van der Waals surface area contributed by atoms with Gasteiger partial charge in [0, 0.05) is 19.1 Å². The second kappa shape index (κ2) is 5.26. The maximum Gasteiger partial charge on any atom is 0.311 e. The molecule has 1 saturated carbocycles. The minimum Gasteiger partial charge on any atom is -0.481 e. The molecular formula is C13H22N2O3. The topological polar surface area (TPSA) is 69.6 Å². The Kier molecular flexibility index (Phi) is 3.90. The van der Waals surface area contributed by atoms with Crippen LogP contribution in [0.3, 0.4) is 0 Å². The van der Waals surface area contributed by atoms with Gasteiger partial charge in [-0.05, 0) is 32.1 Å². The molecule has 0 aromatic heterocycles. The molecule has 18 heavy (non-hydrogen) atoms. The molecule has 1 aliphatic heterocycles. The maximum atomic E-state index is 12.0. The van der Waals surface area contributed by atoms with E-state index in [-0.39, 0.29) is 5.91 Å². The molecule has 1 aliphatic carbocycles. The molecule has 2 fully saturated rings. The van der Waals surface area contributed by atoms with Gasteiger partial charge in [-0.25, -0.2) is 0 Å². The van der Waals surface area contributed by atoms with Crippen molar-refractivity contribution in [1.29, 1.82) is 0 Å². The van der Waals surface area contributed by atoms with E-state index in [4.69, 9.17) is 0 Å². The van der Waals surface area contributed by atoms with Crippen LogP contribution in [-0.4, -0.2) is 47.6 Å². The van der Waals surface area contributed by atoms with Crippen molar-refractivity contribution in [3.8, 4) is 0 Å². The van der Waals surface area contributed by atoms with E-state index in [0.29, 0.717) is 38.5 Å². The van der Waals surface area contributed by atoms with Gasteiger partial charge in [-0.15, -0.1) is 0 Å². The first kappa shape index (κ1) is 13.3. The van der Waals surface area contributed by atoms with Gasteiger partial charge in [0.05, 0.1) is 12.0 Å². The maximum absolute atomic E-state index is 12.0. The zero-order valence-electron chi connectivity index (χ0n) is 10.9. The Morgan fingerprint density at radius 3 is 2.72 bits per heavy atom. The number of carbonyl (C=O) groups excluding carboxylic acids is 1. The Morgan fingerprint density at radius 2 is 2.17 bits per heavy atom. The van der Waals surface area contributed by atoms with Crippen LogP contribution >= 0.6 is 0 Å². The van der Waals surface area contributed by atoms with Gasteiger partial charge in [-0.3, -0.25) is 9.59 Å². The Labute approximate surface area is 108 Å². The summed E-state index contributed by atoms with van der Waals surface area (Å²) in [5.74, 6) is -0.724. The second-order valence-electron chi connectivity index (χ2n) is 5.51. The molecule has 0 radical (unpaired) electrons. The number of carboxylic acids is 1. The lowest BCUT2D eigenvalue weighted by Gasteiger charge is -2.39. The molecule has 5 nitrogen and oxygen atoms in total. The lowest BCUT2D eigenvalue weighted by atomic mass is 9.77. The minimum absolute atomic E-state index is 0.0423. The molecular weight excluding hydrogens is 232 g/mol. The van der Waals surface area contributed by atoms with Gasteiger partial charge >= 0.3 is 5.97 Å². The molecule has 5 heteroatoms. The van der Waals surface area contributed by atoms with E-state index in [1.807, 2.05) is 6.92 Å². The smallest absolute Gasteiger partial charge is 0.311 e. The molecule has 2 N–H and O–H groups in total. The monoisotopic (exact) mass is 254 g/mol. The Morgan fingerprint density at radius 1 is 1.44 bits per heavy atom. The number of aliphatic carboxylic acids is 1. The molecule has 2 rings (SSSR count). The van der Waals surface area contributed by atoms with Crippen molar-refractivity contribution < 1.29 is 14.7 Å². The number of rotatable bonds is 5. The van der Waals surface area contributed by atoms with Crippen LogP contribution in [0, 0.1) is 5.41 Å². The van der Waals surface area contributed by atoms with E-state index in [9.17, 15) is 14.7 Å². The highest BCUT2D eigenvalue weighted by molar-refractivity contribution is 5.81. The molecule has 1 unspecified atom stereocenters. The van der Waals surface area contributed by atoms with E-state index in [0.717, 1.165) is 19.3 Å². The summed E-state index contributed by atoms with van der Waals surface area (Å²) in [4.78, 5) is 25.1. The second-order valence-corrected chi connectivity index (χ2v) is 5.51. The highest BCUT2D eigenvalue weighted by Gasteiger charge is 2.42. The first-order valence-electron chi connectivity index (χ1n) is 6.82. The number of likely N-dealkylation sites (tertiary alicyclic amines) is 1. The molecule has 1 saturated heterocycles. The lowest BCUT2D eigenvalue weighted by Crippen LogP contribution is -2.51. The van der Waals surface area contributed by atoms with Gasteiger partial charge in [0.2, 0.25) is 5.91 Å². The number of hydrogen-bond acceptors (Lipinski definition) is 3. The fraction of sp³-hybridized carbons (Fsp3) is 0.846. The zero-order valence-corrected chi connectivity index (χ0v) is 10.9. The standard InChI is InChI=1S/C13H22N2O3/c1-2-13(12(17)18)6-3-7-15(9-13)11(16)8-14-10-4-5-10/h10,14H,2-9H2,1H3,(H,17,18). The largest absolute Gasteiger partial charge is 0.481 e. The molecule has 1 atom stereocenters. The first-order chi connectivity index (χ1) is 8.57. The average molecular weight is 254 g/mol. The van der Waals surface area contributed by atoms with Crippen LogP contribution in [0.2, 0.25) is 0 Å². The van der Waals surface area contributed by atoms with Crippen LogP contribution in [0.1, 0.15) is 39.0 Å². The van der Waals surface area contributed by atoms with Crippen molar-refractivity contribution in [1.82, 2.24) is 10.2 Å². The molecule has 0 spiro atoms. The third-order valence-electron chi connectivity index (χ3n) is 4.18. The summed E-state index contributed by atoms with van der Waals surface area (Å²) < 4.78 is 0. The van der Waals surface area contributed by atoms with Crippen molar-refractivity contribution in [2.75, 3.05) is 19.6 Å². The Hall–Kier alpha value is -1.10. The SMILES string of the molecule is CCC1(C(=O)O)CCCN(C(=O)CNC2CC2)C1. The van der Waals surface area contributed by atoms with Crippen LogP contribution in [0.4, 0.5) is 0 Å². The average Bonchev–Trinajstić information content (AvgIpc) is 3.19. The van der Waals surface area contributed by atoms with E-state index in [1.165, 1.54) is 0 Å². The van der Waals surface area contributed by atoms with Crippen molar-refractivity contribution in [2.45, 2.75) is 45.1 Å². The van der Waals surface area contributed by atoms with Crippen molar-refractivity contribution >= 4 is 11.9 Å². The zero-order chi connectivity index (χ0) is 13.2. The quantitative estimate of drug-likeness (QED) is 0.763. The van der Waals surface area contributed by atoms with Crippen LogP contribution < -0.4 is 5.32 Å². The third-order valence-corrected chi connectivity index (χ3v) is 4.18. The van der Waals surface area contributed by atoms with E-state index < -0.39 is 11.4 Å². The lowest BCUT2D eigenvalue weighted by molar-refractivity contribution is -0.155. The van der Waals surface area contributed by atoms with Crippen LogP contribution in [0.25, 0.3) is 0 Å². The van der Waals surface area contributed by atoms with Gasteiger partial charge < -0.3 is 15.3 Å². The van der Waals surface area contributed by atoms with Crippen LogP contribution in [-0.2, 0) is 9.59 Å². The molecule has 0 bridgehead atoms. The number of nitrogens with one attached hydrogen (secondary N) is 1. The van der Waals surface area contributed by atoms with Gasteiger partial charge in [-0.2, -0.15) is 0 Å². The van der Waals surface area contributed by atoms with Crippen LogP contribution in [0.5, 0.6) is 0 Å². The number of piperidine rings is 1. The fourth-order valence-electron chi connectivity index (χ4n) is 2.59. The molecule has 102 valence electrons. The van der Waals surface area contributed by atoms with E-state index >= 15 is 0 Å². The molecule has 1 amide bonds. The summed E-state index contributed by atoms with van der Waals surface area (Å²) in [7, 11) is 0. The molecule has 0 aromatic carbocycles. The number of amides is 1. The molecule has 0 aromatic rings. The van der Waals surface area contributed by atoms with Gasteiger partial charge in [0.25, 0.3) is 0 Å². The van der Waals surface area contributed by atoms with Crippen molar-refractivity contribution in [3.05, 3.63) is 0 Å². The predicted octanol–water partition coefficient (Wildman–Crippen LogP) is 0.842. The van der Waals surface area contributed by atoms with Crippen molar-refractivity contribution in [2.24, 2.45) is 5.41 Å². The summed E-state index contributed by atoms with van der Waals surface area (Å²) >= 11 is 0. The Balaban J connectivity index is 1.91. The summed E-state index contributed by atoms with van der Waals surface area (Å²) in [6.45, 7) is 3.30. The van der Waals surface area contributed by atoms with Gasteiger partial charge in [0.1, 0.15) is 0 Å². The summed E-state index contributed by atoms with van der Waals surface area (Å²) in [5, 5.41) is 12.6. The van der Waals surface area contributed by atoms with Gasteiger partial charge in [-0.1, -0.05) is 6.92 Å². The first-order valence-corrected chi connectivity index (χ1v) is 6.82. The highest BCUT2D eigenvalue weighted by atomic mass is 16.4. The molecule has 1 heterocycles. The van der Waals surface area contributed by atoms with Crippen molar-refractivity contribution in [3.63, 3.8) is 0 Å². The molecule has 2 aliphatic rings. The highest BCUT2D eigenvalue weighted by Crippen LogP contribution is 2.33. The van der Waals surface area contributed by atoms with E-state index in [2.05, 4.69) is 5.32 Å². The van der Waals surface area contributed by atoms with Gasteiger partial charge in [0.15, 0.2) is 0 Å². The minimum atomic E-state index is -0.766. The number of carboxylic acid groups (broad SMARTS) is 1. The number of hydrogen-bond donors (Lipinski definition) is 2. The Bertz CT molecular complexity index is 341. The fourth-order valence-corrected chi connectivity index (χ4v) is 2.59.